The second-order valence-electron chi connectivity index (χ2n) is 8.72. The Morgan fingerprint density at radius 1 is 1.00 bits per heavy atom. The summed E-state index contributed by atoms with van der Waals surface area (Å²) in [7, 11) is 0. The Hall–Kier alpha value is -2.92. The fourth-order valence-electron chi connectivity index (χ4n) is 3.88. The van der Waals surface area contributed by atoms with Gasteiger partial charge in [0.1, 0.15) is 18.6 Å². The van der Waals surface area contributed by atoms with Crippen molar-refractivity contribution in [1.82, 2.24) is 9.72 Å². The number of aryl methyl sites for hydroxylation is 1. The molecule has 0 aliphatic rings. The van der Waals surface area contributed by atoms with E-state index < -0.39 is 23.5 Å². The molecule has 0 aliphatic carbocycles. The molecule has 0 bridgehead atoms. The molecule has 1 heterocycles. The molecule has 0 spiro atoms. The number of ether oxygens (including phenoxy) is 2. The first-order valence-electron chi connectivity index (χ1n) is 11.3. The van der Waals surface area contributed by atoms with Gasteiger partial charge in [-0.05, 0) is 66.3 Å². The number of rotatable bonds is 9. The third-order valence-corrected chi connectivity index (χ3v) is 5.69. The van der Waals surface area contributed by atoms with E-state index >= 15 is 0 Å². The third-order valence-electron chi connectivity index (χ3n) is 5.69. The Morgan fingerprint density at radius 2 is 1.73 bits per heavy atom. The average molecular weight is 515 g/mol. The zero-order valence-electron chi connectivity index (χ0n) is 21.2. The van der Waals surface area contributed by atoms with Crippen LogP contribution in [0.15, 0.2) is 80.8 Å². The standard InChI is InChI=1S/C27H28N2O7.Na/c1-17-14-21(35-16-27(3,32)33)12-13-22(17)23-11-7-10-20(18(23)2)15-34-24(19-8-5-4-6-9-19)29-25(30)28-26(31)36-29;/h4-14,24,32-33H,15-16H2,1-3H3,(H,28,30,31);/q;+1/p-1. The number of hydrogen-bond donors (Lipinski definition) is 2. The first kappa shape index (κ1) is 28.6. The van der Waals surface area contributed by atoms with Gasteiger partial charge in [-0.15, -0.1) is 0 Å². The fraction of sp³-hybridized carbons (Fsp3) is 0.259. The predicted molar refractivity (Wildman–Crippen MR) is 132 cm³/mol. The molecule has 0 radical (unpaired) electrons. The maximum atomic E-state index is 12.2. The molecule has 4 rings (SSSR count). The number of aliphatic hydroxyl groups is 2. The van der Waals surface area contributed by atoms with Crippen LogP contribution in [0.2, 0.25) is 0 Å². The molecule has 0 fully saturated rings. The molecule has 9 nitrogen and oxygen atoms in total. The number of hydrogen-bond acceptors (Lipinski definition) is 7. The SMILES string of the molecule is Cc1cc(OCC(C)(O)O)ccc1-c1cccc(COC(c2ccccc2)n2oc(=O)[n-]c2=O)c1C.[Na+]. The molecule has 188 valence electrons. The van der Waals surface area contributed by atoms with Crippen LogP contribution in [-0.2, 0) is 11.3 Å². The summed E-state index contributed by atoms with van der Waals surface area (Å²) in [5.74, 6) is -2.36. The normalized spacial score (nSPS) is 12.1. The summed E-state index contributed by atoms with van der Waals surface area (Å²) in [4.78, 5) is 27.0. The molecule has 0 saturated carbocycles. The first-order chi connectivity index (χ1) is 17.1. The molecule has 37 heavy (non-hydrogen) atoms. The number of benzene rings is 3. The van der Waals surface area contributed by atoms with Crippen molar-refractivity contribution in [2.24, 2.45) is 0 Å². The van der Waals surface area contributed by atoms with Gasteiger partial charge in [-0.25, -0.2) is 4.79 Å². The minimum absolute atomic E-state index is 0. The molecule has 4 aromatic rings. The Bertz CT molecular complexity index is 1450. The molecule has 10 heteroatoms. The summed E-state index contributed by atoms with van der Waals surface area (Å²) >= 11 is 0. The molecule has 1 atom stereocenters. The second kappa shape index (κ2) is 12.1. The smallest absolute Gasteiger partial charge is 0.488 e. The van der Waals surface area contributed by atoms with Gasteiger partial charge in [-0.1, -0.05) is 54.6 Å². The van der Waals surface area contributed by atoms with Crippen LogP contribution >= 0.6 is 0 Å². The van der Waals surface area contributed by atoms with E-state index in [1.807, 2.05) is 50.2 Å². The van der Waals surface area contributed by atoms with E-state index in [0.717, 1.165) is 32.6 Å². The molecule has 0 saturated heterocycles. The van der Waals surface area contributed by atoms with Crippen molar-refractivity contribution < 1.29 is 53.8 Å². The molecule has 1 aromatic heterocycles. The Kier molecular flexibility index (Phi) is 9.36. The molecule has 0 aliphatic heterocycles. The van der Waals surface area contributed by atoms with Gasteiger partial charge in [0.2, 0.25) is 0 Å². The fourth-order valence-corrected chi connectivity index (χ4v) is 3.88. The van der Waals surface area contributed by atoms with Gasteiger partial charge in [0.25, 0.3) is 0 Å². The quantitative estimate of drug-likeness (QED) is 0.234. The summed E-state index contributed by atoms with van der Waals surface area (Å²) in [6.07, 6.45) is -0.959. The molecular formula is C27H27N2NaO7. The van der Waals surface area contributed by atoms with E-state index in [1.165, 1.54) is 6.92 Å². The molecular weight excluding hydrogens is 487 g/mol. The zero-order chi connectivity index (χ0) is 25.9. The largest absolute Gasteiger partial charge is 1.00 e. The Labute approximate surface area is 235 Å². The van der Waals surface area contributed by atoms with Crippen LogP contribution in [0.5, 0.6) is 5.75 Å². The van der Waals surface area contributed by atoms with Crippen molar-refractivity contribution in [2.75, 3.05) is 6.61 Å². The predicted octanol–water partition coefficient (Wildman–Crippen LogP) is -0.110. The van der Waals surface area contributed by atoms with Crippen molar-refractivity contribution in [3.05, 3.63) is 110 Å². The molecule has 3 aromatic carbocycles. The van der Waals surface area contributed by atoms with Gasteiger partial charge in [0, 0.05) is 0 Å². The number of nitrogens with zero attached hydrogens (tertiary/aromatic N) is 2. The average Bonchev–Trinajstić information content (AvgIpc) is 3.17. The molecule has 0 amide bonds. The van der Waals surface area contributed by atoms with Gasteiger partial charge < -0.3 is 29.2 Å². The van der Waals surface area contributed by atoms with Crippen molar-refractivity contribution in [3.8, 4) is 16.9 Å². The summed E-state index contributed by atoms with van der Waals surface area (Å²) in [6, 6.07) is 20.4. The van der Waals surface area contributed by atoms with Crippen LogP contribution < -0.4 is 50.7 Å². The maximum absolute atomic E-state index is 12.2. The van der Waals surface area contributed by atoms with Crippen LogP contribution in [0.4, 0.5) is 0 Å². The maximum Gasteiger partial charge on any atom is 1.00 e. The first-order valence-corrected chi connectivity index (χ1v) is 11.3. The van der Waals surface area contributed by atoms with Crippen molar-refractivity contribution in [3.63, 3.8) is 0 Å². The van der Waals surface area contributed by atoms with E-state index in [9.17, 15) is 19.8 Å². The Balaban J connectivity index is 0.00000380. The van der Waals surface area contributed by atoms with E-state index in [-0.39, 0.29) is 42.8 Å². The van der Waals surface area contributed by atoms with Crippen LogP contribution in [0, 0.1) is 13.8 Å². The van der Waals surface area contributed by atoms with Gasteiger partial charge in [0.05, 0.1) is 6.61 Å². The minimum Gasteiger partial charge on any atom is -0.488 e. The third kappa shape index (κ3) is 7.10. The van der Waals surface area contributed by atoms with Gasteiger partial charge in [-0.3, -0.25) is 9.53 Å². The van der Waals surface area contributed by atoms with Gasteiger partial charge >= 0.3 is 35.3 Å². The van der Waals surface area contributed by atoms with E-state index in [2.05, 4.69) is 4.98 Å². The van der Waals surface area contributed by atoms with Gasteiger partial charge in [0.15, 0.2) is 11.5 Å². The summed E-state index contributed by atoms with van der Waals surface area (Å²) in [5.41, 5.74) is 4.61. The van der Waals surface area contributed by atoms with Crippen molar-refractivity contribution in [1.29, 1.82) is 0 Å². The summed E-state index contributed by atoms with van der Waals surface area (Å²) < 4.78 is 17.4. The zero-order valence-corrected chi connectivity index (χ0v) is 23.2. The minimum atomic E-state index is -1.92. The van der Waals surface area contributed by atoms with Crippen LogP contribution in [-0.4, -0.2) is 27.3 Å². The van der Waals surface area contributed by atoms with Crippen molar-refractivity contribution in [2.45, 2.75) is 39.4 Å². The second-order valence-corrected chi connectivity index (χ2v) is 8.72. The van der Waals surface area contributed by atoms with E-state index in [0.29, 0.717) is 11.3 Å². The van der Waals surface area contributed by atoms with Gasteiger partial charge in [-0.2, -0.15) is 0 Å². The topological polar surface area (TPSA) is 125 Å². The summed E-state index contributed by atoms with van der Waals surface area (Å²) in [6.45, 7) is 5.08. The molecule has 1 unspecified atom stereocenters. The summed E-state index contributed by atoms with van der Waals surface area (Å²) in [5, 5.41) is 18.9. The van der Waals surface area contributed by atoms with Crippen molar-refractivity contribution >= 4 is 0 Å². The van der Waals surface area contributed by atoms with Crippen LogP contribution in [0.1, 0.15) is 35.4 Å². The molecule has 2 N–H and O–H groups in total. The van der Waals surface area contributed by atoms with Crippen LogP contribution in [0.3, 0.4) is 0 Å². The van der Waals surface area contributed by atoms with E-state index in [4.69, 9.17) is 14.0 Å². The number of aromatic nitrogens is 2. The monoisotopic (exact) mass is 514 g/mol. The van der Waals surface area contributed by atoms with E-state index in [1.54, 1.807) is 30.3 Å². The van der Waals surface area contributed by atoms with Crippen LogP contribution in [0.25, 0.3) is 11.1 Å². The Morgan fingerprint density at radius 3 is 2.35 bits per heavy atom.